The standard InChI is InChI=1S/C7H6FNO4/c1-13-7(12)3-2-4(10)9-6(11)5(3)8/h2H2,1H3,(H,9,10,11). The van der Waals surface area contributed by atoms with E-state index in [2.05, 4.69) is 4.74 Å². The Balaban J connectivity index is 3.04. The number of rotatable bonds is 1. The first-order chi connectivity index (χ1) is 6.06. The minimum Gasteiger partial charge on any atom is -0.466 e. The second-order valence-electron chi connectivity index (χ2n) is 2.34. The van der Waals surface area contributed by atoms with Gasteiger partial charge in [-0.15, -0.1) is 0 Å². The Hall–Kier alpha value is -1.72. The van der Waals surface area contributed by atoms with Crippen LogP contribution in [-0.2, 0) is 19.1 Å². The van der Waals surface area contributed by atoms with Crippen molar-refractivity contribution in [3.8, 4) is 0 Å². The van der Waals surface area contributed by atoms with Crippen LogP contribution in [0.4, 0.5) is 4.39 Å². The number of nitrogens with one attached hydrogen (secondary N) is 1. The summed E-state index contributed by atoms with van der Waals surface area (Å²) in [7, 11) is 1.04. The van der Waals surface area contributed by atoms with E-state index in [1.807, 2.05) is 0 Å². The third-order valence-electron chi connectivity index (χ3n) is 1.49. The molecule has 1 rings (SSSR count). The lowest BCUT2D eigenvalue weighted by molar-refractivity contribution is -0.139. The average Bonchev–Trinajstić information content (AvgIpc) is 2.10. The van der Waals surface area contributed by atoms with Crippen LogP contribution >= 0.6 is 0 Å². The highest BCUT2D eigenvalue weighted by Crippen LogP contribution is 2.16. The van der Waals surface area contributed by atoms with Gasteiger partial charge in [-0.3, -0.25) is 14.9 Å². The maximum absolute atomic E-state index is 12.9. The second-order valence-corrected chi connectivity index (χ2v) is 2.34. The SMILES string of the molecule is COC(=O)C1=C(F)C(=O)NC(=O)C1. The number of amides is 2. The van der Waals surface area contributed by atoms with E-state index in [9.17, 15) is 18.8 Å². The fraction of sp³-hybridized carbons (Fsp3) is 0.286. The van der Waals surface area contributed by atoms with E-state index in [4.69, 9.17) is 0 Å². The Morgan fingerprint density at radius 3 is 2.69 bits per heavy atom. The molecule has 5 nitrogen and oxygen atoms in total. The molecule has 0 aromatic heterocycles. The molecule has 0 atom stereocenters. The largest absolute Gasteiger partial charge is 0.466 e. The highest BCUT2D eigenvalue weighted by Gasteiger charge is 2.30. The number of carbonyl (C=O) groups excluding carboxylic acids is 3. The minimum absolute atomic E-state index is 0.468. The third-order valence-corrected chi connectivity index (χ3v) is 1.49. The number of esters is 1. The third kappa shape index (κ3) is 1.71. The summed E-state index contributed by atoms with van der Waals surface area (Å²) in [6, 6.07) is 0. The number of hydrogen-bond donors (Lipinski definition) is 1. The zero-order valence-corrected chi connectivity index (χ0v) is 6.72. The summed E-state index contributed by atoms with van der Waals surface area (Å²) in [4.78, 5) is 32.2. The molecule has 1 aliphatic rings. The van der Waals surface area contributed by atoms with E-state index in [-0.39, 0.29) is 0 Å². The molecule has 0 bridgehead atoms. The molecule has 0 aliphatic carbocycles. The monoisotopic (exact) mass is 187 g/mol. The van der Waals surface area contributed by atoms with Crippen LogP contribution in [0.2, 0.25) is 0 Å². The Bertz CT molecular complexity index is 320. The second kappa shape index (κ2) is 3.34. The Kier molecular flexibility index (Phi) is 2.41. The van der Waals surface area contributed by atoms with Crippen molar-refractivity contribution in [2.45, 2.75) is 6.42 Å². The fourth-order valence-corrected chi connectivity index (χ4v) is 0.886. The predicted molar refractivity (Wildman–Crippen MR) is 37.9 cm³/mol. The first-order valence-electron chi connectivity index (χ1n) is 3.37. The van der Waals surface area contributed by atoms with Crippen molar-refractivity contribution in [2.24, 2.45) is 0 Å². The summed E-state index contributed by atoms with van der Waals surface area (Å²) >= 11 is 0. The molecular weight excluding hydrogens is 181 g/mol. The van der Waals surface area contributed by atoms with Gasteiger partial charge in [0.05, 0.1) is 19.1 Å². The lowest BCUT2D eigenvalue weighted by Crippen LogP contribution is -2.37. The molecular formula is C7H6FNO4. The zero-order chi connectivity index (χ0) is 10.0. The van der Waals surface area contributed by atoms with Gasteiger partial charge in [0, 0.05) is 0 Å². The molecule has 0 saturated heterocycles. The molecule has 0 aromatic carbocycles. The van der Waals surface area contributed by atoms with Crippen LogP contribution in [0.15, 0.2) is 11.4 Å². The molecule has 70 valence electrons. The van der Waals surface area contributed by atoms with Crippen molar-refractivity contribution < 1.29 is 23.5 Å². The van der Waals surface area contributed by atoms with E-state index < -0.39 is 35.6 Å². The number of imide groups is 1. The molecule has 0 aromatic rings. The van der Waals surface area contributed by atoms with Crippen LogP contribution in [0.5, 0.6) is 0 Å². The summed E-state index contributed by atoms with van der Waals surface area (Å²) in [5, 5.41) is 1.72. The van der Waals surface area contributed by atoms with Gasteiger partial charge < -0.3 is 4.74 Å². The number of carbonyl (C=O) groups is 3. The van der Waals surface area contributed by atoms with Gasteiger partial charge >= 0.3 is 5.97 Å². The highest BCUT2D eigenvalue weighted by molar-refractivity contribution is 6.13. The highest BCUT2D eigenvalue weighted by atomic mass is 19.1. The molecule has 6 heteroatoms. The summed E-state index contributed by atoms with van der Waals surface area (Å²) in [5.41, 5.74) is -0.531. The molecule has 1 N–H and O–H groups in total. The molecule has 2 amide bonds. The average molecular weight is 187 g/mol. The van der Waals surface area contributed by atoms with E-state index in [0.29, 0.717) is 0 Å². The van der Waals surface area contributed by atoms with Crippen molar-refractivity contribution >= 4 is 17.8 Å². The number of halogens is 1. The molecule has 0 radical (unpaired) electrons. The van der Waals surface area contributed by atoms with Gasteiger partial charge in [-0.1, -0.05) is 0 Å². The van der Waals surface area contributed by atoms with Crippen LogP contribution in [0.25, 0.3) is 0 Å². The maximum Gasteiger partial charge on any atom is 0.337 e. The first-order valence-corrected chi connectivity index (χ1v) is 3.37. The minimum atomic E-state index is -1.26. The van der Waals surface area contributed by atoms with Crippen LogP contribution in [0.3, 0.4) is 0 Å². The van der Waals surface area contributed by atoms with Crippen molar-refractivity contribution in [2.75, 3.05) is 7.11 Å². The number of hydrogen-bond acceptors (Lipinski definition) is 4. The lowest BCUT2D eigenvalue weighted by Gasteiger charge is -2.12. The van der Waals surface area contributed by atoms with Crippen molar-refractivity contribution in [3.05, 3.63) is 11.4 Å². The molecule has 0 saturated carbocycles. The molecule has 0 unspecified atom stereocenters. The van der Waals surface area contributed by atoms with Gasteiger partial charge in [0.25, 0.3) is 5.91 Å². The summed E-state index contributed by atoms with van der Waals surface area (Å²) in [6.45, 7) is 0. The van der Waals surface area contributed by atoms with Gasteiger partial charge in [-0.05, 0) is 0 Å². The van der Waals surface area contributed by atoms with Crippen LogP contribution < -0.4 is 5.32 Å². The smallest absolute Gasteiger partial charge is 0.337 e. The summed E-state index contributed by atoms with van der Waals surface area (Å²) in [6.07, 6.45) is -0.468. The Labute approximate surface area is 72.5 Å². The van der Waals surface area contributed by atoms with E-state index in [1.54, 1.807) is 5.32 Å². The number of methoxy groups -OCH3 is 1. The molecule has 0 spiro atoms. The molecule has 1 heterocycles. The van der Waals surface area contributed by atoms with E-state index >= 15 is 0 Å². The predicted octanol–water partition coefficient (Wildman–Crippen LogP) is -0.571. The maximum atomic E-state index is 12.9. The topological polar surface area (TPSA) is 72.5 Å². The van der Waals surface area contributed by atoms with E-state index in [1.165, 1.54) is 0 Å². The quantitative estimate of drug-likeness (QED) is 0.440. The summed E-state index contributed by atoms with van der Waals surface area (Å²) in [5.74, 6) is -4.17. The first kappa shape index (κ1) is 9.37. The fourth-order valence-electron chi connectivity index (χ4n) is 0.886. The Morgan fingerprint density at radius 1 is 1.54 bits per heavy atom. The van der Waals surface area contributed by atoms with Crippen LogP contribution in [0.1, 0.15) is 6.42 Å². The summed E-state index contributed by atoms with van der Waals surface area (Å²) < 4.78 is 17.1. The van der Waals surface area contributed by atoms with E-state index in [0.717, 1.165) is 7.11 Å². The Morgan fingerprint density at radius 2 is 2.15 bits per heavy atom. The van der Waals surface area contributed by atoms with Gasteiger partial charge in [0.2, 0.25) is 5.91 Å². The van der Waals surface area contributed by atoms with Gasteiger partial charge in [0.15, 0.2) is 5.83 Å². The van der Waals surface area contributed by atoms with Crippen molar-refractivity contribution in [1.82, 2.24) is 5.32 Å². The van der Waals surface area contributed by atoms with Crippen molar-refractivity contribution in [3.63, 3.8) is 0 Å². The molecule has 1 aliphatic heterocycles. The van der Waals surface area contributed by atoms with Crippen LogP contribution in [0, 0.1) is 0 Å². The molecule has 13 heavy (non-hydrogen) atoms. The van der Waals surface area contributed by atoms with Gasteiger partial charge in [-0.2, -0.15) is 0 Å². The van der Waals surface area contributed by atoms with Gasteiger partial charge in [0.1, 0.15) is 0 Å². The molecule has 0 fully saturated rings. The zero-order valence-electron chi connectivity index (χ0n) is 6.72. The van der Waals surface area contributed by atoms with Crippen LogP contribution in [-0.4, -0.2) is 24.9 Å². The number of ether oxygens (including phenoxy) is 1. The van der Waals surface area contributed by atoms with Crippen molar-refractivity contribution in [1.29, 1.82) is 0 Å². The van der Waals surface area contributed by atoms with Gasteiger partial charge in [-0.25, -0.2) is 9.18 Å². The lowest BCUT2D eigenvalue weighted by atomic mass is 10.1. The normalized spacial score (nSPS) is 17.1.